The van der Waals surface area contributed by atoms with Crippen molar-refractivity contribution in [3.63, 3.8) is 0 Å². The molecule has 21 heavy (non-hydrogen) atoms. The molecule has 1 heterocycles. The predicted molar refractivity (Wildman–Crippen MR) is 74.7 cm³/mol. The van der Waals surface area contributed by atoms with Crippen molar-refractivity contribution in [2.24, 2.45) is 0 Å². The first kappa shape index (κ1) is 18.0. The minimum absolute atomic E-state index is 0.0519. The van der Waals surface area contributed by atoms with Crippen LogP contribution in [-0.2, 0) is 13.1 Å². The van der Waals surface area contributed by atoms with Crippen LogP contribution in [0.5, 0.6) is 0 Å². The van der Waals surface area contributed by atoms with Gasteiger partial charge in [0.15, 0.2) is 5.76 Å². The maximum absolute atomic E-state index is 12.5. The molecule has 0 atom stereocenters. The number of hydrogen-bond acceptors (Lipinski definition) is 4. The molecule has 7 heteroatoms. The quantitative estimate of drug-likeness (QED) is 0.839. The first-order chi connectivity index (χ1) is 9.59. The minimum atomic E-state index is -4.20. The molecule has 0 amide bonds. The molecule has 0 saturated carbocycles. The van der Waals surface area contributed by atoms with E-state index in [0.29, 0.717) is 31.0 Å². The van der Waals surface area contributed by atoms with E-state index in [9.17, 15) is 13.2 Å². The van der Waals surface area contributed by atoms with Crippen molar-refractivity contribution in [1.29, 1.82) is 0 Å². The Hall–Kier alpha value is -1.08. The molecule has 1 aromatic heterocycles. The van der Waals surface area contributed by atoms with E-state index in [2.05, 4.69) is 10.5 Å². The number of nitrogens with one attached hydrogen (secondary N) is 1. The molecule has 0 aromatic carbocycles. The molecule has 0 aliphatic rings. The summed E-state index contributed by atoms with van der Waals surface area (Å²) in [4.78, 5) is 1.32. The minimum Gasteiger partial charge on any atom is -0.360 e. The maximum Gasteiger partial charge on any atom is 0.401 e. The van der Waals surface area contributed by atoms with Gasteiger partial charge in [-0.05, 0) is 33.7 Å². The van der Waals surface area contributed by atoms with E-state index < -0.39 is 12.7 Å². The average molecular weight is 307 g/mol. The fraction of sp³-hybridized carbons (Fsp3) is 0.786. The van der Waals surface area contributed by atoms with Gasteiger partial charge in [-0.1, -0.05) is 12.1 Å². The first-order valence-electron chi connectivity index (χ1n) is 7.07. The van der Waals surface area contributed by atoms with Crippen LogP contribution in [0, 0.1) is 0 Å². The highest BCUT2D eigenvalue weighted by Crippen LogP contribution is 2.18. The van der Waals surface area contributed by atoms with Crippen molar-refractivity contribution in [3.8, 4) is 0 Å². The highest BCUT2D eigenvalue weighted by molar-refractivity contribution is 5.05. The monoisotopic (exact) mass is 307 g/mol. The van der Waals surface area contributed by atoms with Gasteiger partial charge in [0.2, 0.25) is 0 Å². The summed E-state index contributed by atoms with van der Waals surface area (Å²) >= 11 is 0. The van der Waals surface area contributed by atoms with Gasteiger partial charge in [-0.2, -0.15) is 13.2 Å². The van der Waals surface area contributed by atoms with Crippen molar-refractivity contribution in [2.75, 3.05) is 13.1 Å². The molecule has 0 aliphatic carbocycles. The van der Waals surface area contributed by atoms with Crippen LogP contribution in [0.15, 0.2) is 10.6 Å². The molecule has 1 aromatic rings. The molecular formula is C14H24F3N3O. The highest BCUT2D eigenvalue weighted by Gasteiger charge is 2.30. The van der Waals surface area contributed by atoms with Gasteiger partial charge in [0, 0.05) is 18.2 Å². The normalized spacial score (nSPS) is 13.1. The lowest BCUT2D eigenvalue weighted by Crippen LogP contribution is -2.35. The smallest absolute Gasteiger partial charge is 0.360 e. The van der Waals surface area contributed by atoms with Crippen LogP contribution in [0.25, 0.3) is 0 Å². The SMILES string of the molecule is CCCN(Cc1cc(CNC(C)(C)C)no1)CC(F)(F)F. The van der Waals surface area contributed by atoms with Gasteiger partial charge in [-0.25, -0.2) is 0 Å². The molecular weight excluding hydrogens is 283 g/mol. The van der Waals surface area contributed by atoms with Crippen LogP contribution in [0.3, 0.4) is 0 Å². The summed E-state index contributed by atoms with van der Waals surface area (Å²) in [6, 6.07) is 1.71. The number of aromatic nitrogens is 1. The Bertz CT molecular complexity index is 424. The summed E-state index contributed by atoms with van der Waals surface area (Å²) in [5.41, 5.74) is 0.646. The topological polar surface area (TPSA) is 41.3 Å². The van der Waals surface area contributed by atoms with Crippen molar-refractivity contribution in [3.05, 3.63) is 17.5 Å². The lowest BCUT2D eigenvalue weighted by atomic mass is 10.1. The van der Waals surface area contributed by atoms with E-state index in [4.69, 9.17) is 4.52 Å². The fourth-order valence-electron chi connectivity index (χ4n) is 1.87. The number of rotatable bonds is 7. The summed E-state index contributed by atoms with van der Waals surface area (Å²) in [7, 11) is 0. The zero-order valence-electron chi connectivity index (χ0n) is 13.0. The molecule has 1 rings (SSSR count). The van der Waals surface area contributed by atoms with Crippen LogP contribution < -0.4 is 5.32 Å². The molecule has 4 nitrogen and oxygen atoms in total. The van der Waals surface area contributed by atoms with Gasteiger partial charge in [0.25, 0.3) is 0 Å². The first-order valence-corrected chi connectivity index (χ1v) is 7.07. The van der Waals surface area contributed by atoms with Crippen LogP contribution in [-0.4, -0.2) is 34.9 Å². The maximum atomic E-state index is 12.5. The number of halogens is 3. The highest BCUT2D eigenvalue weighted by atomic mass is 19.4. The van der Waals surface area contributed by atoms with E-state index in [-0.39, 0.29) is 12.1 Å². The van der Waals surface area contributed by atoms with Crippen molar-refractivity contribution < 1.29 is 17.7 Å². The predicted octanol–water partition coefficient (Wildman–Crippen LogP) is 3.34. The average Bonchev–Trinajstić information content (AvgIpc) is 2.71. The number of alkyl halides is 3. The van der Waals surface area contributed by atoms with Crippen molar-refractivity contribution in [2.45, 2.75) is 58.9 Å². The fourth-order valence-corrected chi connectivity index (χ4v) is 1.87. The Kier molecular flexibility index (Phi) is 6.22. The molecule has 0 fully saturated rings. The van der Waals surface area contributed by atoms with E-state index in [1.54, 1.807) is 6.07 Å². The summed E-state index contributed by atoms with van der Waals surface area (Å²) in [5.74, 6) is 0.457. The third-order valence-electron chi connectivity index (χ3n) is 2.73. The van der Waals surface area contributed by atoms with E-state index in [1.807, 2.05) is 27.7 Å². The Balaban J connectivity index is 2.58. The van der Waals surface area contributed by atoms with E-state index in [1.165, 1.54) is 4.90 Å². The third-order valence-corrected chi connectivity index (χ3v) is 2.73. The Morgan fingerprint density at radius 2 is 1.95 bits per heavy atom. The van der Waals surface area contributed by atoms with Crippen molar-refractivity contribution in [1.82, 2.24) is 15.4 Å². The zero-order valence-corrected chi connectivity index (χ0v) is 13.0. The van der Waals surface area contributed by atoms with Crippen LogP contribution in [0.2, 0.25) is 0 Å². The third kappa shape index (κ3) is 8.06. The van der Waals surface area contributed by atoms with Gasteiger partial charge < -0.3 is 9.84 Å². The molecule has 0 unspecified atom stereocenters. The zero-order chi connectivity index (χ0) is 16.1. The summed E-state index contributed by atoms with van der Waals surface area (Å²) in [6.07, 6.45) is -3.55. The molecule has 0 saturated heterocycles. The van der Waals surface area contributed by atoms with E-state index >= 15 is 0 Å². The lowest BCUT2D eigenvalue weighted by Gasteiger charge is -2.21. The summed E-state index contributed by atoms with van der Waals surface area (Å²) in [5, 5.41) is 7.14. The standard InChI is InChI=1S/C14H24F3N3O/c1-5-6-20(10-14(15,16)17)9-12-7-11(19-21-12)8-18-13(2,3)4/h7,18H,5-6,8-10H2,1-4H3. The molecule has 1 N–H and O–H groups in total. The Morgan fingerprint density at radius 3 is 2.48 bits per heavy atom. The van der Waals surface area contributed by atoms with Gasteiger partial charge in [-0.15, -0.1) is 0 Å². The van der Waals surface area contributed by atoms with E-state index in [0.717, 1.165) is 0 Å². The van der Waals surface area contributed by atoms with Gasteiger partial charge >= 0.3 is 6.18 Å². The second-order valence-electron chi connectivity index (χ2n) is 6.21. The molecule has 0 radical (unpaired) electrons. The lowest BCUT2D eigenvalue weighted by molar-refractivity contribution is -0.147. The second kappa shape index (κ2) is 7.26. The largest absolute Gasteiger partial charge is 0.401 e. The molecule has 0 bridgehead atoms. The van der Waals surface area contributed by atoms with Gasteiger partial charge in [0.1, 0.15) is 0 Å². The van der Waals surface area contributed by atoms with Crippen LogP contribution in [0.4, 0.5) is 13.2 Å². The Labute approximate surface area is 123 Å². The van der Waals surface area contributed by atoms with Crippen LogP contribution in [0.1, 0.15) is 45.6 Å². The molecule has 0 spiro atoms. The number of nitrogens with zero attached hydrogens (tertiary/aromatic N) is 2. The van der Waals surface area contributed by atoms with Gasteiger partial charge in [-0.3, -0.25) is 4.90 Å². The summed E-state index contributed by atoms with van der Waals surface area (Å²) in [6.45, 7) is 8.02. The Morgan fingerprint density at radius 1 is 1.29 bits per heavy atom. The van der Waals surface area contributed by atoms with Crippen molar-refractivity contribution >= 4 is 0 Å². The number of hydrogen-bond donors (Lipinski definition) is 1. The molecule has 122 valence electrons. The second-order valence-corrected chi connectivity index (χ2v) is 6.21. The van der Waals surface area contributed by atoms with Crippen LogP contribution >= 0.6 is 0 Å². The molecule has 0 aliphatic heterocycles. The van der Waals surface area contributed by atoms with Gasteiger partial charge in [0.05, 0.1) is 18.8 Å². The summed E-state index contributed by atoms with van der Waals surface area (Å²) < 4.78 is 42.6.